The predicted octanol–water partition coefficient (Wildman–Crippen LogP) is 4.49. The maximum Gasteiger partial charge on any atom is 0.241 e. The van der Waals surface area contributed by atoms with Gasteiger partial charge < -0.3 is 11.1 Å². The summed E-state index contributed by atoms with van der Waals surface area (Å²) >= 11 is 7.77. The first-order valence-electron chi connectivity index (χ1n) is 10.7. The summed E-state index contributed by atoms with van der Waals surface area (Å²) in [5, 5.41) is 4.02. The lowest BCUT2D eigenvalue weighted by molar-refractivity contribution is -0.134. The fourth-order valence-corrected chi connectivity index (χ4v) is 6.34. The lowest BCUT2D eigenvalue weighted by Crippen LogP contribution is -2.59. The number of halogens is 1. The number of nitrogens with two attached hydrogens (primary N) is 1. The van der Waals surface area contributed by atoms with Crippen molar-refractivity contribution >= 4 is 35.4 Å². The number of amides is 2. The van der Waals surface area contributed by atoms with E-state index < -0.39 is 11.0 Å². The van der Waals surface area contributed by atoms with Crippen LogP contribution in [0.15, 0.2) is 29.2 Å². The number of carbonyl (C=O) groups excluding carboxylic acids is 2. The normalized spacial score (nSPS) is 31.4. The molecule has 0 heterocycles. The Kier molecular flexibility index (Phi) is 6.80. The topological polar surface area (TPSA) is 75.4 Å². The fraction of sp³-hybridized carbons (Fsp3) is 0.652. The molecular weight excluding hydrogens is 418 g/mol. The van der Waals surface area contributed by atoms with E-state index in [1.165, 1.54) is 11.9 Å². The Labute approximate surface area is 189 Å². The van der Waals surface area contributed by atoms with Gasteiger partial charge in [-0.1, -0.05) is 37.6 Å². The third kappa shape index (κ3) is 4.66. The van der Waals surface area contributed by atoms with Crippen molar-refractivity contribution in [2.75, 3.05) is 7.05 Å². The van der Waals surface area contributed by atoms with Gasteiger partial charge in [0.1, 0.15) is 5.54 Å². The van der Waals surface area contributed by atoms with E-state index in [2.05, 4.69) is 12.2 Å². The quantitative estimate of drug-likeness (QED) is 0.625. The van der Waals surface area contributed by atoms with Crippen LogP contribution < -0.4 is 11.1 Å². The van der Waals surface area contributed by atoms with Gasteiger partial charge in [-0.15, -0.1) is 0 Å². The third-order valence-electron chi connectivity index (χ3n) is 7.22. The molecular formula is C23H34ClN3O2S. The van der Waals surface area contributed by atoms with Crippen LogP contribution in [0.2, 0.25) is 5.02 Å². The first-order chi connectivity index (χ1) is 13.9. The number of rotatable bonds is 6. The van der Waals surface area contributed by atoms with Crippen molar-refractivity contribution in [2.45, 2.75) is 69.9 Å². The Morgan fingerprint density at radius 3 is 2.57 bits per heavy atom. The van der Waals surface area contributed by atoms with Gasteiger partial charge in [-0.3, -0.25) is 9.59 Å². The van der Waals surface area contributed by atoms with Crippen LogP contribution in [0, 0.1) is 23.2 Å². The van der Waals surface area contributed by atoms with Gasteiger partial charge >= 0.3 is 0 Å². The van der Waals surface area contributed by atoms with Crippen LogP contribution in [0.4, 0.5) is 0 Å². The average molecular weight is 452 g/mol. The molecule has 0 radical (unpaired) electrons. The Hall–Kier alpha value is -1.24. The number of carbonyl (C=O) groups is 2. The van der Waals surface area contributed by atoms with Crippen molar-refractivity contribution < 1.29 is 9.59 Å². The zero-order valence-electron chi connectivity index (χ0n) is 18.6. The molecule has 2 fully saturated rings. The van der Waals surface area contributed by atoms with E-state index in [0.29, 0.717) is 16.9 Å². The Morgan fingerprint density at radius 1 is 1.27 bits per heavy atom. The molecule has 7 heteroatoms. The minimum absolute atomic E-state index is 0.00814. The van der Waals surface area contributed by atoms with Crippen LogP contribution in [-0.4, -0.2) is 34.7 Å². The second kappa shape index (κ2) is 8.71. The molecule has 0 aromatic heterocycles. The highest BCUT2D eigenvalue weighted by Crippen LogP contribution is 2.50. The Bertz CT molecular complexity index is 815. The number of benzene rings is 1. The molecule has 3 rings (SSSR count). The molecule has 5 nitrogen and oxygen atoms in total. The van der Waals surface area contributed by atoms with Crippen LogP contribution in [-0.2, 0) is 9.59 Å². The molecule has 2 saturated carbocycles. The number of fused-ring (bicyclic) bond motifs is 2. The fourth-order valence-electron chi connectivity index (χ4n) is 5.20. The molecule has 5 unspecified atom stereocenters. The summed E-state index contributed by atoms with van der Waals surface area (Å²) < 4.78 is 1.95. The van der Waals surface area contributed by atoms with Gasteiger partial charge in [0.25, 0.3) is 0 Å². The maximum atomic E-state index is 13.4. The van der Waals surface area contributed by atoms with Gasteiger partial charge in [0, 0.05) is 16.4 Å². The highest BCUT2D eigenvalue weighted by Gasteiger charge is 2.49. The molecule has 0 aliphatic heterocycles. The predicted molar refractivity (Wildman–Crippen MR) is 123 cm³/mol. The van der Waals surface area contributed by atoms with E-state index in [-0.39, 0.29) is 23.8 Å². The molecule has 1 aromatic carbocycles. The number of hydrogen-bond acceptors (Lipinski definition) is 4. The lowest BCUT2D eigenvalue weighted by Gasteiger charge is -2.50. The van der Waals surface area contributed by atoms with E-state index >= 15 is 0 Å². The van der Waals surface area contributed by atoms with Gasteiger partial charge in [-0.25, -0.2) is 4.31 Å². The largest absolute Gasteiger partial charge is 0.369 e. The molecule has 0 spiro atoms. The Balaban J connectivity index is 1.71. The summed E-state index contributed by atoms with van der Waals surface area (Å²) in [5.41, 5.74) is 4.53. The minimum Gasteiger partial charge on any atom is -0.369 e. The summed E-state index contributed by atoms with van der Waals surface area (Å²) in [7, 11) is 1.92. The summed E-state index contributed by atoms with van der Waals surface area (Å²) in [5.74, 6) is 0.953. The molecule has 3 N–H and O–H groups in total. The van der Waals surface area contributed by atoms with E-state index in [9.17, 15) is 9.59 Å². The highest BCUT2D eigenvalue weighted by molar-refractivity contribution is 7.97. The lowest BCUT2D eigenvalue weighted by atomic mass is 9.57. The van der Waals surface area contributed by atoms with Gasteiger partial charge in [0.2, 0.25) is 11.8 Å². The molecule has 30 heavy (non-hydrogen) atoms. The van der Waals surface area contributed by atoms with Crippen LogP contribution in [0.3, 0.4) is 0 Å². The third-order valence-corrected chi connectivity index (χ3v) is 8.95. The monoisotopic (exact) mass is 451 g/mol. The van der Waals surface area contributed by atoms with E-state index in [0.717, 1.165) is 30.6 Å². The zero-order valence-corrected chi connectivity index (χ0v) is 20.1. The number of nitrogens with one attached hydrogen (secondary N) is 1. The van der Waals surface area contributed by atoms with Gasteiger partial charge in [-0.2, -0.15) is 0 Å². The molecule has 0 saturated heterocycles. The number of hydrogen-bond donors (Lipinski definition) is 2. The smallest absolute Gasteiger partial charge is 0.241 e. The van der Waals surface area contributed by atoms with E-state index in [1.807, 2.05) is 56.4 Å². The summed E-state index contributed by atoms with van der Waals surface area (Å²) in [4.78, 5) is 26.4. The van der Waals surface area contributed by atoms with Crippen molar-refractivity contribution in [2.24, 2.45) is 28.9 Å². The molecule has 166 valence electrons. The summed E-state index contributed by atoms with van der Waals surface area (Å²) in [6.45, 7) is 8.06. The van der Waals surface area contributed by atoms with Crippen LogP contribution >= 0.6 is 23.5 Å². The standard InChI is InChI=1S/C23H34ClN3O2S/c1-14-10-15-11-16(13-23(4,12-15)20(25)28)19(14)26-21(29)22(2,3)27(5)30-18-9-7-6-8-17(18)24/h6-9,14-16,19H,10-13H2,1-5H3,(H2,25,28)(H,26,29). The molecule has 2 bridgehead atoms. The zero-order chi connectivity index (χ0) is 22.3. The van der Waals surface area contributed by atoms with Crippen LogP contribution in [0.25, 0.3) is 0 Å². The van der Waals surface area contributed by atoms with Crippen molar-refractivity contribution in [1.82, 2.24) is 9.62 Å². The van der Waals surface area contributed by atoms with Gasteiger partial charge in [0.15, 0.2) is 0 Å². The summed E-state index contributed by atoms with van der Waals surface area (Å²) in [6, 6.07) is 7.70. The van der Waals surface area contributed by atoms with E-state index in [4.69, 9.17) is 17.3 Å². The van der Waals surface area contributed by atoms with Crippen molar-refractivity contribution in [3.05, 3.63) is 29.3 Å². The summed E-state index contributed by atoms with van der Waals surface area (Å²) in [6.07, 6.45) is 3.70. The van der Waals surface area contributed by atoms with Crippen molar-refractivity contribution in [3.63, 3.8) is 0 Å². The molecule has 5 atom stereocenters. The maximum absolute atomic E-state index is 13.4. The second-order valence-corrected chi connectivity index (χ2v) is 11.6. The number of likely N-dealkylation sites (N-methyl/N-ethyl adjacent to an activating group) is 1. The van der Waals surface area contributed by atoms with Gasteiger partial charge in [-0.05, 0) is 88.4 Å². The number of primary amides is 1. The SMILES string of the molecule is CC1CC2CC(CC(C)(C(N)=O)C2)C1NC(=O)C(C)(C)N(C)Sc1ccccc1Cl. The minimum atomic E-state index is -0.734. The first kappa shape index (κ1) is 23.4. The average Bonchev–Trinajstić information content (AvgIpc) is 2.65. The second-order valence-electron chi connectivity index (χ2n) is 9.99. The molecule has 1 aromatic rings. The van der Waals surface area contributed by atoms with Crippen molar-refractivity contribution in [1.29, 1.82) is 0 Å². The van der Waals surface area contributed by atoms with Crippen molar-refractivity contribution in [3.8, 4) is 0 Å². The first-order valence-corrected chi connectivity index (χ1v) is 11.9. The number of nitrogens with zero attached hydrogens (tertiary/aromatic N) is 1. The van der Waals surface area contributed by atoms with E-state index in [1.54, 1.807) is 0 Å². The molecule has 2 aliphatic carbocycles. The van der Waals surface area contributed by atoms with Gasteiger partial charge in [0.05, 0.1) is 5.02 Å². The highest BCUT2D eigenvalue weighted by atomic mass is 35.5. The van der Waals surface area contributed by atoms with Crippen LogP contribution in [0.1, 0.15) is 53.4 Å². The Morgan fingerprint density at radius 2 is 1.93 bits per heavy atom. The van der Waals surface area contributed by atoms with Crippen LogP contribution in [0.5, 0.6) is 0 Å². The molecule has 2 aliphatic rings. The molecule has 2 amide bonds.